The highest BCUT2D eigenvalue weighted by molar-refractivity contribution is 7.92. The molecule has 0 radical (unpaired) electrons. The lowest BCUT2D eigenvalue weighted by atomic mass is 9.79. The van der Waals surface area contributed by atoms with Gasteiger partial charge in [0.1, 0.15) is 4.75 Å². The molecule has 2 aliphatic heterocycles. The van der Waals surface area contributed by atoms with Gasteiger partial charge in [-0.3, -0.25) is 4.79 Å². The minimum atomic E-state index is -6.33. The normalized spacial score (nSPS) is 24.1. The van der Waals surface area contributed by atoms with Crippen LogP contribution in [0, 0.1) is 5.92 Å². The Hall–Kier alpha value is -2.65. The molecule has 0 N–H and O–H groups in total. The molecule has 3 fully saturated rings. The minimum Gasteiger partial charge on any atom is -0.399 e. The SMILES string of the molecule is CC1(C)OB(c2cccc(S(=O)(=O)C3(c4ccc(C(F)(C(F)(F)F)C(F)(F)F)cc4)CCN(C(=O)C4CCCCC4)C3)c2)OC1(C)C. The van der Waals surface area contributed by atoms with Crippen molar-refractivity contribution in [3.63, 3.8) is 0 Å². The van der Waals surface area contributed by atoms with Gasteiger partial charge in [0.25, 0.3) is 0 Å². The minimum absolute atomic E-state index is 0.00855. The third-order valence-electron chi connectivity index (χ3n) is 10.3. The molecule has 1 unspecified atom stereocenters. The quantitative estimate of drug-likeness (QED) is 0.248. The van der Waals surface area contributed by atoms with Crippen LogP contribution in [0.5, 0.6) is 0 Å². The number of rotatable bonds is 6. The molecular weight excluding hydrogens is 654 g/mol. The second kappa shape index (κ2) is 11.8. The van der Waals surface area contributed by atoms with E-state index in [4.69, 9.17) is 9.31 Å². The van der Waals surface area contributed by atoms with E-state index in [9.17, 15) is 43.9 Å². The molecule has 1 aliphatic carbocycles. The summed E-state index contributed by atoms with van der Waals surface area (Å²) in [5, 5.41) is 0. The van der Waals surface area contributed by atoms with Gasteiger partial charge >= 0.3 is 25.1 Å². The molecule has 47 heavy (non-hydrogen) atoms. The largest absolute Gasteiger partial charge is 0.494 e. The summed E-state index contributed by atoms with van der Waals surface area (Å²) in [4.78, 5) is 14.7. The summed E-state index contributed by atoms with van der Waals surface area (Å²) >= 11 is 0. The first kappa shape index (κ1) is 35.7. The first-order chi connectivity index (χ1) is 21.6. The molecule has 6 nitrogen and oxygen atoms in total. The molecule has 1 amide bonds. The van der Waals surface area contributed by atoms with Crippen molar-refractivity contribution >= 4 is 28.3 Å². The van der Waals surface area contributed by atoms with Crippen molar-refractivity contribution in [2.45, 2.75) is 105 Å². The van der Waals surface area contributed by atoms with Gasteiger partial charge in [-0.25, -0.2) is 12.8 Å². The smallest absolute Gasteiger partial charge is 0.399 e. The summed E-state index contributed by atoms with van der Waals surface area (Å²) in [7, 11) is -5.44. The zero-order valence-electron chi connectivity index (χ0n) is 26.5. The van der Waals surface area contributed by atoms with E-state index in [2.05, 4.69) is 0 Å². The lowest BCUT2D eigenvalue weighted by Crippen LogP contribution is -2.50. The van der Waals surface area contributed by atoms with Gasteiger partial charge in [0, 0.05) is 24.6 Å². The van der Waals surface area contributed by atoms with Crippen LogP contribution in [-0.4, -0.2) is 63.0 Å². The predicted octanol–water partition coefficient (Wildman–Crippen LogP) is 6.76. The van der Waals surface area contributed by atoms with Crippen molar-refractivity contribution in [2.24, 2.45) is 5.92 Å². The second-order valence-corrected chi connectivity index (χ2v) is 16.0. The fourth-order valence-electron chi connectivity index (χ4n) is 6.71. The number of hydrogen-bond acceptors (Lipinski definition) is 5. The summed E-state index contributed by atoms with van der Waals surface area (Å²) in [5.74, 6) is -0.566. The number of sulfone groups is 1. The van der Waals surface area contributed by atoms with Crippen LogP contribution < -0.4 is 5.46 Å². The molecule has 1 saturated carbocycles. The first-order valence-corrected chi connectivity index (χ1v) is 17.0. The number of halogens is 7. The number of hydrogen-bond donors (Lipinski definition) is 0. The molecule has 2 aromatic carbocycles. The summed E-state index contributed by atoms with van der Waals surface area (Å²) < 4.78 is 135. The molecule has 2 saturated heterocycles. The van der Waals surface area contributed by atoms with Gasteiger partial charge in [-0.15, -0.1) is 0 Å². The Morgan fingerprint density at radius 1 is 0.851 bits per heavy atom. The molecule has 15 heteroatoms. The van der Waals surface area contributed by atoms with Gasteiger partial charge in [0.05, 0.1) is 16.1 Å². The number of likely N-dealkylation sites (tertiary alicyclic amines) is 1. The van der Waals surface area contributed by atoms with Gasteiger partial charge in [-0.2, -0.15) is 26.3 Å². The summed E-state index contributed by atoms with van der Waals surface area (Å²) in [5.41, 5.74) is -8.67. The molecule has 258 valence electrons. The second-order valence-electron chi connectivity index (χ2n) is 13.7. The highest BCUT2D eigenvalue weighted by atomic mass is 32.2. The maximum atomic E-state index is 14.9. The van der Waals surface area contributed by atoms with E-state index in [1.54, 1.807) is 6.07 Å². The van der Waals surface area contributed by atoms with E-state index >= 15 is 0 Å². The van der Waals surface area contributed by atoms with Crippen molar-refractivity contribution in [2.75, 3.05) is 13.1 Å². The van der Waals surface area contributed by atoms with Crippen LogP contribution in [0.15, 0.2) is 53.4 Å². The zero-order chi connectivity index (χ0) is 34.8. The molecule has 5 rings (SSSR count). The Balaban J connectivity index is 1.58. The molecular formula is C32H37BF7NO5S. The highest BCUT2D eigenvalue weighted by Gasteiger charge is 2.73. The van der Waals surface area contributed by atoms with Crippen molar-refractivity contribution in [3.8, 4) is 0 Å². The molecule has 0 bridgehead atoms. The van der Waals surface area contributed by atoms with Crippen LogP contribution in [-0.2, 0) is 34.4 Å². The highest BCUT2D eigenvalue weighted by Crippen LogP contribution is 2.54. The van der Waals surface area contributed by atoms with Crippen LogP contribution in [0.2, 0.25) is 0 Å². The van der Waals surface area contributed by atoms with Crippen molar-refractivity contribution in [1.82, 2.24) is 4.90 Å². The summed E-state index contributed by atoms with van der Waals surface area (Å²) in [6.07, 6.45) is -8.94. The van der Waals surface area contributed by atoms with E-state index in [0.717, 1.165) is 31.4 Å². The van der Waals surface area contributed by atoms with E-state index in [1.807, 2.05) is 27.7 Å². The van der Waals surface area contributed by atoms with E-state index in [-0.39, 0.29) is 41.8 Å². The number of nitrogens with zero attached hydrogens (tertiary/aromatic N) is 1. The maximum Gasteiger partial charge on any atom is 0.494 e. The Morgan fingerprint density at radius 2 is 1.40 bits per heavy atom. The van der Waals surface area contributed by atoms with Crippen LogP contribution in [0.3, 0.4) is 0 Å². The monoisotopic (exact) mass is 691 g/mol. The number of carbonyl (C=O) groups is 1. The number of alkyl halides is 7. The third kappa shape index (κ3) is 5.87. The molecule has 0 aromatic heterocycles. The summed E-state index contributed by atoms with van der Waals surface area (Å²) in [6.45, 7) is 6.91. The van der Waals surface area contributed by atoms with E-state index in [0.29, 0.717) is 30.4 Å². The van der Waals surface area contributed by atoms with Gasteiger partial charge in [-0.05, 0) is 70.1 Å². The third-order valence-corrected chi connectivity index (χ3v) is 12.8. The Kier molecular flexibility index (Phi) is 8.91. The van der Waals surface area contributed by atoms with E-state index < -0.39 is 56.5 Å². The van der Waals surface area contributed by atoms with Gasteiger partial charge in [0.2, 0.25) is 5.91 Å². The fourth-order valence-corrected chi connectivity index (χ4v) is 8.85. The van der Waals surface area contributed by atoms with Crippen LogP contribution >= 0.6 is 0 Å². The van der Waals surface area contributed by atoms with Crippen LogP contribution in [0.4, 0.5) is 30.7 Å². The molecule has 0 spiro atoms. The molecule has 2 heterocycles. The fraction of sp³-hybridized carbons (Fsp3) is 0.594. The average molecular weight is 692 g/mol. The molecule has 1 atom stereocenters. The molecule has 2 aromatic rings. The number of benzene rings is 2. The predicted molar refractivity (Wildman–Crippen MR) is 160 cm³/mol. The van der Waals surface area contributed by atoms with Crippen LogP contribution in [0.25, 0.3) is 0 Å². The van der Waals surface area contributed by atoms with Crippen molar-refractivity contribution in [3.05, 3.63) is 59.7 Å². The Bertz CT molecular complexity index is 1570. The van der Waals surface area contributed by atoms with Gasteiger partial charge < -0.3 is 14.2 Å². The van der Waals surface area contributed by atoms with Crippen LogP contribution in [0.1, 0.15) is 77.3 Å². The Morgan fingerprint density at radius 3 is 1.94 bits per heavy atom. The van der Waals surface area contributed by atoms with Gasteiger partial charge in [-0.1, -0.05) is 55.7 Å². The maximum absolute atomic E-state index is 14.9. The van der Waals surface area contributed by atoms with Crippen molar-refractivity contribution < 1.29 is 53.3 Å². The zero-order valence-corrected chi connectivity index (χ0v) is 27.3. The number of carbonyl (C=O) groups excluding carboxylic acids is 1. The van der Waals surface area contributed by atoms with E-state index in [1.165, 1.54) is 23.1 Å². The lowest BCUT2D eigenvalue weighted by molar-refractivity contribution is -0.348. The first-order valence-electron chi connectivity index (χ1n) is 15.5. The number of amides is 1. The topological polar surface area (TPSA) is 72.9 Å². The van der Waals surface area contributed by atoms with Gasteiger partial charge in [0.15, 0.2) is 9.84 Å². The van der Waals surface area contributed by atoms with Crippen molar-refractivity contribution in [1.29, 1.82) is 0 Å². The standard InChI is InChI=1S/C32H37BF7NO5S/c1-27(2)28(3,4)46-33(45-27)24-11-8-12-25(19-24)47(43,44)29(17-18-41(20-29)26(42)21-9-6-5-7-10-21)22-13-15-23(16-14-22)30(34,31(35,36)37)32(38,39)40/h8,11-16,19,21H,5-7,9-10,17-18,20H2,1-4H3. The summed E-state index contributed by atoms with van der Waals surface area (Å²) in [6, 6.07) is 7.99. The lowest BCUT2D eigenvalue weighted by Gasteiger charge is -2.33. The Labute approximate surface area is 270 Å². The molecule has 3 aliphatic rings. The average Bonchev–Trinajstić information content (AvgIpc) is 3.55.